The first-order valence-electron chi connectivity index (χ1n) is 6.27. The summed E-state index contributed by atoms with van der Waals surface area (Å²) >= 11 is 0. The number of carbonyl (C=O) groups excluding carboxylic acids is 1. The molecule has 16 heavy (non-hydrogen) atoms. The zero-order valence-electron chi connectivity index (χ0n) is 10.3. The Bertz CT molecular complexity index is 195. The molecule has 0 saturated heterocycles. The smallest absolute Gasteiger partial charge is 0.225 e. The molecule has 1 fully saturated rings. The first-order chi connectivity index (χ1) is 7.79. The van der Waals surface area contributed by atoms with Crippen LogP contribution < -0.4 is 5.73 Å². The largest absolute Gasteiger partial charge is 0.383 e. The molecule has 1 rings (SSSR count). The second-order valence-corrected chi connectivity index (χ2v) is 4.44. The molecule has 1 aliphatic rings. The van der Waals surface area contributed by atoms with Gasteiger partial charge in [0, 0.05) is 26.1 Å². The monoisotopic (exact) mass is 228 g/mol. The lowest BCUT2D eigenvalue weighted by Gasteiger charge is -2.25. The molecule has 0 unspecified atom stereocenters. The van der Waals surface area contributed by atoms with Crippen LogP contribution in [-0.4, -0.2) is 44.2 Å². The molecule has 1 amide bonds. The molecule has 0 radical (unpaired) electrons. The van der Waals surface area contributed by atoms with Gasteiger partial charge in [0.15, 0.2) is 0 Å². The van der Waals surface area contributed by atoms with Crippen LogP contribution in [0.15, 0.2) is 0 Å². The van der Waals surface area contributed by atoms with Crippen LogP contribution in [0.2, 0.25) is 0 Å². The summed E-state index contributed by atoms with van der Waals surface area (Å²) in [6.07, 6.45) is 5.40. The van der Waals surface area contributed by atoms with Crippen LogP contribution in [0.4, 0.5) is 0 Å². The summed E-state index contributed by atoms with van der Waals surface area (Å²) in [5.74, 6) is 0.567. The van der Waals surface area contributed by atoms with Gasteiger partial charge in [0.25, 0.3) is 0 Å². The van der Waals surface area contributed by atoms with Gasteiger partial charge in [0.05, 0.1) is 6.61 Å². The minimum absolute atomic E-state index is 0.259. The molecule has 0 aliphatic heterocycles. The van der Waals surface area contributed by atoms with E-state index >= 15 is 0 Å². The number of rotatable bonds is 7. The van der Waals surface area contributed by atoms with Gasteiger partial charge in [-0.1, -0.05) is 12.8 Å². The molecule has 0 spiro atoms. The van der Waals surface area contributed by atoms with E-state index in [9.17, 15) is 4.79 Å². The molecule has 4 nitrogen and oxygen atoms in total. The van der Waals surface area contributed by atoms with E-state index in [2.05, 4.69) is 0 Å². The molecule has 0 heterocycles. The first-order valence-corrected chi connectivity index (χ1v) is 6.27. The number of nitrogens with two attached hydrogens (primary N) is 1. The van der Waals surface area contributed by atoms with E-state index in [1.54, 1.807) is 7.11 Å². The van der Waals surface area contributed by atoms with Crippen molar-refractivity contribution in [3.05, 3.63) is 0 Å². The molecule has 0 aromatic rings. The number of hydrogen-bond donors (Lipinski definition) is 1. The van der Waals surface area contributed by atoms with Crippen LogP contribution in [-0.2, 0) is 9.53 Å². The Kier molecular flexibility index (Phi) is 6.42. The van der Waals surface area contributed by atoms with Gasteiger partial charge in [-0.25, -0.2) is 0 Å². The third-order valence-corrected chi connectivity index (χ3v) is 3.21. The van der Waals surface area contributed by atoms with E-state index in [0.717, 1.165) is 25.8 Å². The average Bonchev–Trinajstić information content (AvgIpc) is 2.82. The van der Waals surface area contributed by atoms with Crippen LogP contribution >= 0.6 is 0 Å². The predicted octanol–water partition coefficient (Wildman–Crippen LogP) is 1.00. The quantitative estimate of drug-likeness (QED) is 0.707. The molecule has 2 N–H and O–H groups in total. The lowest BCUT2D eigenvalue weighted by Crippen LogP contribution is -2.38. The van der Waals surface area contributed by atoms with Gasteiger partial charge in [0.1, 0.15) is 0 Å². The number of nitrogens with zero attached hydrogens (tertiary/aromatic N) is 1. The van der Waals surface area contributed by atoms with Gasteiger partial charge >= 0.3 is 0 Å². The van der Waals surface area contributed by atoms with Crippen molar-refractivity contribution in [2.75, 3.05) is 33.4 Å². The highest BCUT2D eigenvalue weighted by Crippen LogP contribution is 2.26. The van der Waals surface area contributed by atoms with Crippen molar-refractivity contribution in [3.8, 4) is 0 Å². The molecular weight excluding hydrogens is 204 g/mol. The molecule has 4 heteroatoms. The number of hydrogen-bond acceptors (Lipinski definition) is 3. The topological polar surface area (TPSA) is 55.6 Å². The van der Waals surface area contributed by atoms with Crippen LogP contribution in [0.25, 0.3) is 0 Å². The fourth-order valence-electron chi connectivity index (χ4n) is 2.25. The number of ether oxygens (including phenoxy) is 1. The predicted molar refractivity (Wildman–Crippen MR) is 64.1 cm³/mol. The van der Waals surface area contributed by atoms with Crippen LogP contribution in [0.3, 0.4) is 0 Å². The Balaban J connectivity index is 2.41. The molecule has 0 bridgehead atoms. The highest BCUT2D eigenvalue weighted by Gasteiger charge is 2.26. The Labute approximate surface area is 98.1 Å². The highest BCUT2D eigenvalue weighted by molar-refractivity contribution is 5.79. The maximum Gasteiger partial charge on any atom is 0.225 e. The summed E-state index contributed by atoms with van der Waals surface area (Å²) in [5, 5.41) is 0. The molecule has 1 aliphatic carbocycles. The lowest BCUT2D eigenvalue weighted by atomic mass is 10.1. The van der Waals surface area contributed by atoms with Crippen molar-refractivity contribution in [1.29, 1.82) is 0 Å². The summed E-state index contributed by atoms with van der Waals surface area (Å²) in [4.78, 5) is 14.1. The summed E-state index contributed by atoms with van der Waals surface area (Å²) in [6, 6.07) is 0. The van der Waals surface area contributed by atoms with Crippen molar-refractivity contribution >= 4 is 5.91 Å². The van der Waals surface area contributed by atoms with Crippen molar-refractivity contribution in [2.45, 2.75) is 32.1 Å². The van der Waals surface area contributed by atoms with Crippen LogP contribution in [0.1, 0.15) is 32.1 Å². The fraction of sp³-hybridized carbons (Fsp3) is 0.917. The zero-order chi connectivity index (χ0) is 11.8. The Morgan fingerprint density at radius 1 is 1.38 bits per heavy atom. The number of amides is 1. The normalized spacial score (nSPS) is 16.6. The molecule has 0 aromatic carbocycles. The third-order valence-electron chi connectivity index (χ3n) is 3.21. The van der Waals surface area contributed by atoms with Gasteiger partial charge in [0.2, 0.25) is 5.91 Å². The lowest BCUT2D eigenvalue weighted by molar-refractivity contribution is -0.136. The minimum atomic E-state index is 0.259. The molecule has 1 saturated carbocycles. The Hall–Kier alpha value is -0.610. The zero-order valence-corrected chi connectivity index (χ0v) is 10.3. The molecular formula is C12H24N2O2. The maximum atomic E-state index is 12.2. The summed E-state index contributed by atoms with van der Waals surface area (Å²) in [6.45, 7) is 2.73. The maximum absolute atomic E-state index is 12.2. The second-order valence-electron chi connectivity index (χ2n) is 4.44. The van der Waals surface area contributed by atoms with Crippen molar-refractivity contribution < 1.29 is 9.53 Å². The number of methoxy groups -OCH3 is 1. The van der Waals surface area contributed by atoms with E-state index in [1.807, 2.05) is 4.90 Å². The fourth-order valence-corrected chi connectivity index (χ4v) is 2.25. The average molecular weight is 228 g/mol. The van der Waals surface area contributed by atoms with E-state index in [1.165, 1.54) is 12.8 Å². The SMILES string of the molecule is COCCN(CCCN)C(=O)C1CCCC1. The van der Waals surface area contributed by atoms with E-state index in [-0.39, 0.29) is 5.92 Å². The van der Waals surface area contributed by atoms with Crippen LogP contribution in [0.5, 0.6) is 0 Å². The molecule has 0 aromatic heterocycles. The van der Waals surface area contributed by atoms with Crippen molar-refractivity contribution in [1.82, 2.24) is 4.90 Å². The standard InChI is InChI=1S/C12H24N2O2/c1-16-10-9-14(8-4-7-13)12(15)11-5-2-3-6-11/h11H,2-10,13H2,1H3. The summed E-state index contributed by atoms with van der Waals surface area (Å²) in [5.41, 5.74) is 5.49. The van der Waals surface area contributed by atoms with E-state index in [4.69, 9.17) is 10.5 Å². The van der Waals surface area contributed by atoms with Crippen molar-refractivity contribution in [2.24, 2.45) is 11.7 Å². The van der Waals surface area contributed by atoms with Crippen molar-refractivity contribution in [3.63, 3.8) is 0 Å². The Morgan fingerprint density at radius 2 is 2.06 bits per heavy atom. The first kappa shape index (κ1) is 13.5. The minimum Gasteiger partial charge on any atom is -0.383 e. The van der Waals surface area contributed by atoms with Gasteiger partial charge in [-0.15, -0.1) is 0 Å². The van der Waals surface area contributed by atoms with Gasteiger partial charge in [-0.05, 0) is 25.8 Å². The molecule has 94 valence electrons. The Morgan fingerprint density at radius 3 is 2.62 bits per heavy atom. The third kappa shape index (κ3) is 4.10. The van der Waals surface area contributed by atoms with Crippen LogP contribution in [0, 0.1) is 5.92 Å². The van der Waals surface area contributed by atoms with Gasteiger partial charge < -0.3 is 15.4 Å². The van der Waals surface area contributed by atoms with Gasteiger partial charge in [-0.2, -0.15) is 0 Å². The van der Waals surface area contributed by atoms with Gasteiger partial charge in [-0.3, -0.25) is 4.79 Å². The summed E-state index contributed by atoms with van der Waals surface area (Å²) in [7, 11) is 1.67. The molecule has 0 atom stereocenters. The van der Waals surface area contributed by atoms with E-state index in [0.29, 0.717) is 25.6 Å². The second kappa shape index (κ2) is 7.63. The number of carbonyl (C=O) groups is 1. The summed E-state index contributed by atoms with van der Waals surface area (Å²) < 4.78 is 5.04. The van der Waals surface area contributed by atoms with E-state index < -0.39 is 0 Å². The highest BCUT2D eigenvalue weighted by atomic mass is 16.5.